The summed E-state index contributed by atoms with van der Waals surface area (Å²) in [4.78, 5) is 29.5. The summed E-state index contributed by atoms with van der Waals surface area (Å²) in [5.41, 5.74) is 0.231. The molecule has 2 amide bonds. The maximum absolute atomic E-state index is 13.1. The van der Waals surface area contributed by atoms with Crippen molar-refractivity contribution in [2.75, 3.05) is 32.8 Å². The fourth-order valence-electron chi connectivity index (χ4n) is 7.13. The van der Waals surface area contributed by atoms with Gasteiger partial charge in [0, 0.05) is 43.5 Å². The van der Waals surface area contributed by atoms with Crippen LogP contribution < -0.4 is 0 Å². The first-order chi connectivity index (χ1) is 12.9. The Balaban J connectivity index is 1.17. The molecule has 6 rings (SSSR count). The van der Waals surface area contributed by atoms with Crippen LogP contribution in [0.1, 0.15) is 57.8 Å². The summed E-state index contributed by atoms with van der Waals surface area (Å²) in [6, 6.07) is 0. The van der Waals surface area contributed by atoms with Gasteiger partial charge < -0.3 is 14.5 Å². The molecular weight excluding hydrogens is 408 g/mol. The Kier molecular flexibility index (Phi) is 4.58. The predicted octanol–water partition coefficient (Wildman–Crippen LogP) is 2.96. The summed E-state index contributed by atoms with van der Waals surface area (Å²) in [5, 5.41) is 0. The van der Waals surface area contributed by atoms with Crippen molar-refractivity contribution in [3.8, 4) is 0 Å². The van der Waals surface area contributed by atoms with Crippen LogP contribution in [-0.4, -0.2) is 64.8 Å². The van der Waals surface area contributed by atoms with Crippen molar-refractivity contribution >= 4 is 27.7 Å². The van der Waals surface area contributed by atoms with Crippen molar-refractivity contribution in [3.05, 3.63) is 0 Å². The number of amides is 2. The quantitative estimate of drug-likeness (QED) is 0.636. The van der Waals surface area contributed by atoms with Crippen molar-refractivity contribution in [2.24, 2.45) is 17.3 Å². The number of rotatable bonds is 3. The molecule has 4 aliphatic carbocycles. The number of hydrogen-bond acceptors (Lipinski definition) is 3. The Morgan fingerprint density at radius 3 is 2.26 bits per heavy atom. The third-order valence-electron chi connectivity index (χ3n) is 7.79. The topological polar surface area (TPSA) is 49.9 Å². The van der Waals surface area contributed by atoms with Crippen LogP contribution in [0.4, 0.5) is 0 Å². The molecule has 0 N–H and O–H groups in total. The summed E-state index contributed by atoms with van der Waals surface area (Å²) in [6.45, 7) is 3.38. The van der Waals surface area contributed by atoms with Crippen molar-refractivity contribution in [3.63, 3.8) is 0 Å². The van der Waals surface area contributed by atoms with Gasteiger partial charge in [-0.3, -0.25) is 9.59 Å². The lowest BCUT2D eigenvalue weighted by Crippen LogP contribution is -2.56. The van der Waals surface area contributed by atoms with Gasteiger partial charge in [-0.05, 0) is 68.6 Å². The molecule has 6 aliphatic rings. The number of ether oxygens (including phenoxy) is 1. The first-order valence-electron chi connectivity index (χ1n) is 10.8. The highest BCUT2D eigenvalue weighted by Crippen LogP contribution is 2.65. The van der Waals surface area contributed by atoms with Gasteiger partial charge in [-0.2, -0.15) is 0 Å². The second-order valence-electron chi connectivity index (χ2n) is 10.00. The molecule has 27 heavy (non-hydrogen) atoms. The number of piperazine rings is 1. The number of nitrogens with zero attached hydrogens (tertiary/aromatic N) is 2. The zero-order chi connectivity index (χ0) is 18.6. The lowest BCUT2D eigenvalue weighted by Gasteiger charge is -2.60. The largest absolute Gasteiger partial charge is 0.368 e. The minimum absolute atomic E-state index is 0.127. The van der Waals surface area contributed by atoms with Crippen molar-refractivity contribution in [1.29, 1.82) is 0 Å². The van der Waals surface area contributed by atoms with E-state index < -0.39 is 0 Å². The Hall–Kier alpha value is -0.620. The number of carbonyl (C=O) groups excluding carboxylic acids is 2. The van der Waals surface area contributed by atoms with Gasteiger partial charge in [0.2, 0.25) is 5.91 Å². The molecular formula is C21H31BrN2O3. The number of alkyl halides is 1. The van der Waals surface area contributed by atoms with E-state index in [1.807, 2.05) is 9.80 Å². The van der Waals surface area contributed by atoms with E-state index in [1.54, 1.807) is 0 Å². The Morgan fingerprint density at radius 2 is 1.67 bits per heavy atom. The van der Waals surface area contributed by atoms with Gasteiger partial charge in [-0.25, -0.2) is 0 Å². The number of halogens is 1. The van der Waals surface area contributed by atoms with Crippen LogP contribution in [0.5, 0.6) is 0 Å². The highest BCUT2D eigenvalue weighted by molar-refractivity contribution is 9.10. The second-order valence-corrected chi connectivity index (χ2v) is 11.7. The molecule has 2 aliphatic heterocycles. The van der Waals surface area contributed by atoms with E-state index in [4.69, 9.17) is 4.74 Å². The molecule has 4 saturated carbocycles. The van der Waals surface area contributed by atoms with Crippen LogP contribution in [0.3, 0.4) is 0 Å². The summed E-state index contributed by atoms with van der Waals surface area (Å²) in [5.74, 6) is 2.08. The average Bonchev–Trinajstić information content (AvgIpc) is 3.13. The molecule has 0 spiro atoms. The molecule has 0 aromatic rings. The molecule has 5 nitrogen and oxygen atoms in total. The Morgan fingerprint density at radius 1 is 1.00 bits per heavy atom. The second kappa shape index (κ2) is 6.72. The van der Waals surface area contributed by atoms with Crippen LogP contribution in [0.15, 0.2) is 0 Å². The lowest BCUT2D eigenvalue weighted by molar-refractivity contribution is -0.148. The maximum atomic E-state index is 13.1. The molecule has 0 radical (unpaired) electrons. The molecule has 4 bridgehead atoms. The smallest absolute Gasteiger partial charge is 0.251 e. The Bertz CT molecular complexity index is 611. The van der Waals surface area contributed by atoms with Gasteiger partial charge in [-0.1, -0.05) is 15.9 Å². The minimum atomic E-state index is -0.241. The minimum Gasteiger partial charge on any atom is -0.368 e. The van der Waals surface area contributed by atoms with Crippen LogP contribution in [0.25, 0.3) is 0 Å². The summed E-state index contributed by atoms with van der Waals surface area (Å²) < 4.78 is 5.84. The van der Waals surface area contributed by atoms with E-state index in [0.29, 0.717) is 49.4 Å². The van der Waals surface area contributed by atoms with Gasteiger partial charge in [-0.15, -0.1) is 0 Å². The van der Waals surface area contributed by atoms with E-state index in [9.17, 15) is 9.59 Å². The third kappa shape index (κ3) is 3.45. The molecule has 6 fully saturated rings. The first kappa shape index (κ1) is 18.4. The zero-order valence-corrected chi connectivity index (χ0v) is 17.7. The summed E-state index contributed by atoms with van der Waals surface area (Å²) in [7, 11) is 0. The lowest BCUT2D eigenvalue weighted by atomic mass is 9.48. The average molecular weight is 439 g/mol. The molecule has 6 heteroatoms. The molecule has 2 heterocycles. The molecule has 3 unspecified atom stereocenters. The third-order valence-corrected chi connectivity index (χ3v) is 8.71. The number of carbonyl (C=O) groups is 2. The Labute approximate surface area is 170 Å². The highest BCUT2D eigenvalue weighted by Gasteiger charge is 2.57. The normalized spacial score (nSPS) is 43.4. The van der Waals surface area contributed by atoms with Crippen molar-refractivity contribution < 1.29 is 14.3 Å². The SMILES string of the molecule is O=C(CC12CC3CC(CC(Br)(C3)C1)C2)N1CCN(C(=O)C2CCCO2)CC1. The highest BCUT2D eigenvalue weighted by atomic mass is 79.9. The monoisotopic (exact) mass is 438 g/mol. The maximum Gasteiger partial charge on any atom is 0.251 e. The first-order valence-corrected chi connectivity index (χ1v) is 11.6. The van der Waals surface area contributed by atoms with Crippen molar-refractivity contribution in [1.82, 2.24) is 9.80 Å². The van der Waals surface area contributed by atoms with E-state index in [2.05, 4.69) is 15.9 Å². The number of hydrogen-bond donors (Lipinski definition) is 0. The van der Waals surface area contributed by atoms with Gasteiger partial charge in [0.05, 0.1) is 0 Å². The predicted molar refractivity (Wildman–Crippen MR) is 106 cm³/mol. The van der Waals surface area contributed by atoms with Crippen LogP contribution in [0.2, 0.25) is 0 Å². The molecule has 150 valence electrons. The van der Waals surface area contributed by atoms with Crippen molar-refractivity contribution in [2.45, 2.75) is 68.2 Å². The van der Waals surface area contributed by atoms with Gasteiger partial charge in [0.15, 0.2) is 0 Å². The van der Waals surface area contributed by atoms with Crippen LogP contribution in [0, 0.1) is 17.3 Å². The van der Waals surface area contributed by atoms with E-state index >= 15 is 0 Å². The molecule has 0 aromatic carbocycles. The fraction of sp³-hybridized carbons (Fsp3) is 0.905. The van der Waals surface area contributed by atoms with E-state index in [0.717, 1.165) is 24.7 Å². The molecule has 2 saturated heterocycles. The van der Waals surface area contributed by atoms with E-state index in [1.165, 1.54) is 38.5 Å². The van der Waals surface area contributed by atoms with Gasteiger partial charge >= 0.3 is 0 Å². The van der Waals surface area contributed by atoms with Crippen LogP contribution >= 0.6 is 15.9 Å². The van der Waals surface area contributed by atoms with Crippen LogP contribution in [-0.2, 0) is 14.3 Å². The standard InChI is InChI=1S/C21H31BrN2O3/c22-21-11-15-8-16(12-21)10-20(9-15,14-21)13-18(25)23-3-5-24(6-4-23)19(26)17-2-1-7-27-17/h15-17H,1-14H2. The summed E-state index contributed by atoms with van der Waals surface area (Å²) >= 11 is 4.05. The zero-order valence-electron chi connectivity index (χ0n) is 16.1. The van der Waals surface area contributed by atoms with Gasteiger partial charge in [0.25, 0.3) is 5.91 Å². The molecule has 3 atom stereocenters. The summed E-state index contributed by atoms with van der Waals surface area (Å²) in [6.07, 6.45) is 9.98. The molecule has 0 aromatic heterocycles. The fourth-order valence-corrected chi connectivity index (χ4v) is 8.64. The van der Waals surface area contributed by atoms with Gasteiger partial charge in [0.1, 0.15) is 6.10 Å². The van der Waals surface area contributed by atoms with E-state index in [-0.39, 0.29) is 17.4 Å².